The van der Waals surface area contributed by atoms with Crippen molar-refractivity contribution in [1.29, 1.82) is 0 Å². The van der Waals surface area contributed by atoms with Gasteiger partial charge in [0.05, 0.1) is 10.6 Å². The highest BCUT2D eigenvalue weighted by Gasteiger charge is 2.03. The number of rotatable bonds is 6. The quantitative estimate of drug-likeness (QED) is 0.549. The number of hydrazine groups is 1. The Morgan fingerprint density at radius 2 is 1.71 bits per heavy atom. The van der Waals surface area contributed by atoms with Gasteiger partial charge in [0.1, 0.15) is 0 Å². The lowest BCUT2D eigenvalue weighted by Crippen LogP contribution is -2.26. The van der Waals surface area contributed by atoms with Crippen LogP contribution in [-0.2, 0) is 0 Å². The Morgan fingerprint density at radius 3 is 2.33 bits per heavy atom. The van der Waals surface area contributed by atoms with Crippen LogP contribution in [0.1, 0.15) is 0 Å². The average Bonchev–Trinajstić information content (AvgIpc) is 2.48. The van der Waals surface area contributed by atoms with E-state index < -0.39 is 4.92 Å². The smallest absolute Gasteiger partial charge is 0.276 e. The molecule has 0 aliphatic carbocycles. The summed E-state index contributed by atoms with van der Waals surface area (Å²) in [5.74, 6) is 0.228. The van der Waals surface area contributed by atoms with Gasteiger partial charge in [-0.3, -0.25) is 21.0 Å². The summed E-state index contributed by atoms with van der Waals surface area (Å²) in [5.41, 5.74) is 7.19. The van der Waals surface area contributed by atoms with Gasteiger partial charge < -0.3 is 5.32 Å². The zero-order valence-corrected chi connectivity index (χ0v) is 12.5. The number of anilines is 2. The van der Waals surface area contributed by atoms with E-state index in [0.29, 0.717) is 0 Å². The summed E-state index contributed by atoms with van der Waals surface area (Å²) >= 11 is 3.33. The van der Waals surface area contributed by atoms with E-state index in [1.165, 1.54) is 0 Å². The van der Waals surface area contributed by atoms with Crippen molar-refractivity contribution in [1.82, 2.24) is 5.43 Å². The number of hydrogen-bond donors (Lipinski definition) is 3. The molecule has 0 atom stereocenters. The molecule has 0 unspecified atom stereocenters. The van der Waals surface area contributed by atoms with Crippen LogP contribution in [0.3, 0.4) is 0 Å². The highest BCUT2D eigenvalue weighted by atomic mass is 79.9. The fourth-order valence-electron chi connectivity index (χ4n) is 1.55. The van der Waals surface area contributed by atoms with Crippen LogP contribution in [0, 0.1) is 10.1 Å². The summed E-state index contributed by atoms with van der Waals surface area (Å²) in [6.07, 6.45) is 0.859. The Balaban J connectivity index is 2.04. The molecule has 0 spiro atoms. The molecule has 6 nitrogen and oxygen atoms in total. The Labute approximate surface area is 130 Å². The summed E-state index contributed by atoms with van der Waals surface area (Å²) in [5, 5.41) is 13.6. The first kappa shape index (κ1) is 14.9. The average molecular weight is 349 g/mol. The first-order chi connectivity index (χ1) is 10.1. The molecular weight excluding hydrogens is 336 g/mol. The Bertz CT molecular complexity index is 629. The molecule has 0 amide bonds. The highest BCUT2D eigenvalue weighted by Crippen LogP contribution is 2.15. The third-order valence-corrected chi connectivity index (χ3v) is 3.00. The summed E-state index contributed by atoms with van der Waals surface area (Å²) in [6.45, 7) is 0. The summed E-state index contributed by atoms with van der Waals surface area (Å²) in [4.78, 5) is 10.2. The van der Waals surface area contributed by atoms with E-state index >= 15 is 0 Å². The maximum Gasteiger partial charge on any atom is 0.276 e. The van der Waals surface area contributed by atoms with Gasteiger partial charge >= 0.3 is 0 Å². The molecule has 0 aliphatic heterocycles. The zero-order valence-electron chi connectivity index (χ0n) is 10.9. The van der Waals surface area contributed by atoms with Crippen LogP contribution in [0.2, 0.25) is 0 Å². The van der Waals surface area contributed by atoms with Crippen molar-refractivity contribution in [2.45, 2.75) is 0 Å². The van der Waals surface area contributed by atoms with Crippen LogP contribution in [0.5, 0.6) is 0 Å². The van der Waals surface area contributed by atoms with Crippen LogP contribution in [0.25, 0.3) is 0 Å². The van der Waals surface area contributed by atoms with Crippen molar-refractivity contribution < 1.29 is 4.92 Å². The van der Waals surface area contributed by atoms with Gasteiger partial charge in [-0.2, -0.15) is 0 Å². The first-order valence-electron chi connectivity index (χ1n) is 6.08. The Kier molecular flexibility index (Phi) is 5.16. The normalized spacial score (nSPS) is 10.8. The fraction of sp³-hybridized carbons (Fsp3) is 0. The van der Waals surface area contributed by atoms with Gasteiger partial charge in [-0.25, -0.2) is 0 Å². The Hall–Kier alpha value is -2.54. The third-order valence-electron chi connectivity index (χ3n) is 2.47. The minimum absolute atomic E-state index is 0.228. The molecule has 2 aromatic rings. The van der Waals surface area contributed by atoms with Gasteiger partial charge in [-0.15, -0.1) is 0 Å². The second-order valence-corrected chi connectivity index (χ2v) is 4.99. The first-order valence-corrected chi connectivity index (χ1v) is 6.88. The van der Waals surface area contributed by atoms with E-state index in [9.17, 15) is 10.1 Å². The lowest BCUT2D eigenvalue weighted by atomic mass is 10.3. The van der Waals surface area contributed by atoms with Gasteiger partial charge in [-0.1, -0.05) is 34.1 Å². The van der Waals surface area contributed by atoms with Gasteiger partial charge in [0.2, 0.25) is 0 Å². The lowest BCUT2D eigenvalue weighted by molar-refractivity contribution is -0.403. The molecule has 3 N–H and O–H groups in total. The Morgan fingerprint density at radius 1 is 1.05 bits per heavy atom. The van der Waals surface area contributed by atoms with Crippen LogP contribution < -0.4 is 16.2 Å². The van der Waals surface area contributed by atoms with Gasteiger partial charge in [0.15, 0.2) is 5.82 Å². The van der Waals surface area contributed by atoms with Crippen molar-refractivity contribution in [3.05, 3.63) is 81.2 Å². The molecule has 2 aromatic carbocycles. The SMILES string of the molecule is O=[N+]([O-])/C=C(\NNc1ccccc1)Nc1ccc(Br)cc1. The maximum atomic E-state index is 10.7. The van der Waals surface area contributed by atoms with Crippen LogP contribution >= 0.6 is 15.9 Å². The van der Waals surface area contributed by atoms with E-state index in [-0.39, 0.29) is 5.82 Å². The summed E-state index contributed by atoms with van der Waals surface area (Å²) < 4.78 is 0.934. The molecule has 0 heterocycles. The number of nitrogens with zero attached hydrogens (tertiary/aromatic N) is 1. The topological polar surface area (TPSA) is 79.2 Å². The predicted molar refractivity (Wildman–Crippen MR) is 86.0 cm³/mol. The lowest BCUT2D eigenvalue weighted by Gasteiger charge is -2.13. The molecule has 0 aliphatic rings. The third kappa shape index (κ3) is 5.15. The van der Waals surface area contributed by atoms with E-state index in [0.717, 1.165) is 22.0 Å². The molecule has 0 bridgehead atoms. The number of para-hydroxylation sites is 1. The molecule has 2 rings (SSSR count). The molecule has 108 valence electrons. The van der Waals surface area contributed by atoms with Crippen LogP contribution in [0.4, 0.5) is 11.4 Å². The molecule has 0 saturated carbocycles. The molecule has 0 aromatic heterocycles. The minimum atomic E-state index is -0.527. The van der Waals surface area contributed by atoms with Gasteiger partial charge in [0.25, 0.3) is 6.20 Å². The maximum absolute atomic E-state index is 10.7. The number of nitro groups is 1. The molecule has 7 heteroatoms. The van der Waals surface area contributed by atoms with Gasteiger partial charge in [0, 0.05) is 10.2 Å². The molecule has 0 radical (unpaired) electrons. The van der Waals surface area contributed by atoms with Crippen LogP contribution in [-0.4, -0.2) is 4.92 Å². The minimum Gasteiger partial charge on any atom is -0.336 e. The fourth-order valence-corrected chi connectivity index (χ4v) is 1.82. The summed E-state index contributed by atoms with van der Waals surface area (Å²) in [7, 11) is 0. The van der Waals surface area contributed by atoms with Gasteiger partial charge in [-0.05, 0) is 36.4 Å². The number of nitrogens with one attached hydrogen (secondary N) is 3. The number of hydrogen-bond acceptors (Lipinski definition) is 5. The molecule has 0 saturated heterocycles. The standard InChI is InChI=1S/C14H13BrN4O2/c15-11-6-8-12(9-7-11)16-14(10-19(20)21)18-17-13-4-2-1-3-5-13/h1-10,16-18H/b14-10-. The van der Waals surface area contributed by atoms with E-state index in [4.69, 9.17) is 0 Å². The largest absolute Gasteiger partial charge is 0.336 e. The molecular formula is C14H13BrN4O2. The molecule has 0 fully saturated rings. The van der Waals surface area contributed by atoms with E-state index in [1.807, 2.05) is 54.6 Å². The summed E-state index contributed by atoms with van der Waals surface area (Å²) in [6, 6.07) is 16.6. The second kappa shape index (κ2) is 7.30. The molecule has 21 heavy (non-hydrogen) atoms. The second-order valence-electron chi connectivity index (χ2n) is 4.08. The van der Waals surface area contributed by atoms with Crippen LogP contribution in [0.15, 0.2) is 71.1 Å². The number of benzene rings is 2. The monoisotopic (exact) mass is 348 g/mol. The van der Waals surface area contributed by atoms with Crippen molar-refractivity contribution in [2.24, 2.45) is 0 Å². The van der Waals surface area contributed by atoms with Crippen molar-refractivity contribution in [3.8, 4) is 0 Å². The van der Waals surface area contributed by atoms with E-state index in [2.05, 4.69) is 32.1 Å². The number of halogens is 1. The predicted octanol–water partition coefficient (Wildman–Crippen LogP) is 3.55. The van der Waals surface area contributed by atoms with E-state index in [1.54, 1.807) is 0 Å². The zero-order chi connectivity index (χ0) is 15.1. The van der Waals surface area contributed by atoms with Crippen molar-refractivity contribution in [3.63, 3.8) is 0 Å². The van der Waals surface area contributed by atoms with Crippen molar-refractivity contribution in [2.75, 3.05) is 10.7 Å². The highest BCUT2D eigenvalue weighted by molar-refractivity contribution is 9.10. The van der Waals surface area contributed by atoms with Crippen molar-refractivity contribution >= 4 is 27.3 Å².